The Kier molecular flexibility index (Phi) is 15.0. The van der Waals surface area contributed by atoms with Gasteiger partial charge in [0.25, 0.3) is 5.97 Å². The van der Waals surface area contributed by atoms with Gasteiger partial charge in [-0.25, -0.2) is 0 Å². The zero-order chi connectivity index (χ0) is 6.99. The Morgan fingerprint density at radius 2 is 2.00 bits per heavy atom. The van der Waals surface area contributed by atoms with E-state index in [4.69, 9.17) is 9.90 Å². The van der Waals surface area contributed by atoms with Crippen LogP contribution >= 0.6 is 13.6 Å². The number of halogens is 1. The fourth-order valence-corrected chi connectivity index (χ4v) is 0. The summed E-state index contributed by atoms with van der Waals surface area (Å²) in [5.41, 5.74) is 0. The van der Waals surface area contributed by atoms with E-state index in [0.717, 1.165) is 6.92 Å². The van der Waals surface area contributed by atoms with Crippen molar-refractivity contribution in [1.82, 2.24) is 0 Å². The van der Waals surface area contributed by atoms with Crippen LogP contribution in [0.5, 0.6) is 0 Å². The van der Waals surface area contributed by atoms with Gasteiger partial charge in [0.1, 0.15) is 0 Å². The molecule has 0 aliphatic rings. The Labute approximate surface area is 63.6 Å². The van der Waals surface area contributed by atoms with Crippen LogP contribution in [0.3, 0.4) is 0 Å². The van der Waals surface area contributed by atoms with Gasteiger partial charge in [-0.15, -0.1) is 0 Å². The first-order valence-corrected chi connectivity index (χ1v) is 11.4. The van der Waals surface area contributed by atoms with E-state index in [9.17, 15) is 0 Å². The first-order chi connectivity index (χ1) is 3.65. The molecule has 4 heteroatoms. The van der Waals surface area contributed by atoms with Gasteiger partial charge >= 0.3 is 40.7 Å². The van der Waals surface area contributed by atoms with Crippen LogP contribution in [0, 0.1) is 0 Å². The fraction of sp³-hybridized carbons (Fsp3) is 0.750. The molecule has 0 spiro atoms. The quantitative estimate of drug-likeness (QED) is 0.704. The maximum absolute atomic E-state index is 9.00. The molecule has 0 amide bonds. The van der Waals surface area contributed by atoms with Crippen molar-refractivity contribution in [2.75, 3.05) is 0 Å². The van der Waals surface area contributed by atoms with Gasteiger partial charge in [0.2, 0.25) is 0 Å². The number of carbonyl (C=O) groups is 1. The zero-order valence-electron chi connectivity index (χ0n) is 5.15. The predicted molar refractivity (Wildman–Crippen MR) is 32.7 cm³/mol. The maximum atomic E-state index is 9.00. The van der Waals surface area contributed by atoms with E-state index in [1.165, 1.54) is 5.02 Å². The van der Waals surface area contributed by atoms with E-state index in [0.29, 0.717) is 0 Å². The Balaban J connectivity index is 0. The summed E-state index contributed by atoms with van der Waals surface area (Å²) in [6.45, 7) is 3.30. The molecule has 0 heterocycles. The molecule has 0 saturated carbocycles. The van der Waals surface area contributed by atoms with Crippen molar-refractivity contribution in [3.63, 3.8) is 0 Å². The Morgan fingerprint density at radius 3 is 2.00 bits per heavy atom. The SMILES string of the molecule is CC(=O)O.C[CH2][Zn][Br]. The topological polar surface area (TPSA) is 37.3 Å². The third kappa shape index (κ3) is 82.5. The minimum atomic E-state index is -0.833. The molecule has 0 aliphatic heterocycles. The second-order valence-corrected chi connectivity index (χ2v) is 8.22. The number of carboxylic acid groups (broad SMARTS) is 1. The molecule has 2 nitrogen and oxygen atoms in total. The van der Waals surface area contributed by atoms with Crippen LogP contribution in [0.15, 0.2) is 0 Å². The molecule has 8 heavy (non-hydrogen) atoms. The predicted octanol–water partition coefficient (Wildman–Crippen LogP) is 1.91. The summed E-state index contributed by atoms with van der Waals surface area (Å²) in [4.78, 5) is 9.00. The van der Waals surface area contributed by atoms with Crippen LogP contribution in [0.1, 0.15) is 13.8 Å². The van der Waals surface area contributed by atoms with Crippen LogP contribution in [0.2, 0.25) is 5.02 Å². The summed E-state index contributed by atoms with van der Waals surface area (Å²) in [7, 11) is 0. The van der Waals surface area contributed by atoms with Gasteiger partial charge in [0.05, 0.1) is 0 Å². The number of hydrogen-bond donors (Lipinski definition) is 1. The number of hydrogen-bond acceptors (Lipinski definition) is 1. The molecular formula is C4H9BrO2Zn. The van der Waals surface area contributed by atoms with Crippen molar-refractivity contribution in [1.29, 1.82) is 0 Å². The summed E-state index contributed by atoms with van der Waals surface area (Å²) in [5, 5.41) is 8.84. The molecule has 1 N–H and O–H groups in total. The van der Waals surface area contributed by atoms with Gasteiger partial charge in [-0.3, -0.25) is 4.79 Å². The van der Waals surface area contributed by atoms with Gasteiger partial charge in [0, 0.05) is 6.92 Å². The second kappa shape index (κ2) is 10.5. The summed E-state index contributed by atoms with van der Waals surface area (Å²) >= 11 is 3.36. The summed E-state index contributed by atoms with van der Waals surface area (Å²) < 4.78 is 0. The first kappa shape index (κ1) is 11.4. The molecule has 46 valence electrons. The summed E-state index contributed by atoms with van der Waals surface area (Å²) in [5.74, 6) is -0.833. The Hall–Kier alpha value is 0.573. The fourth-order valence-electron chi connectivity index (χ4n) is 0. The van der Waals surface area contributed by atoms with Crippen LogP contribution in [-0.2, 0) is 20.0 Å². The van der Waals surface area contributed by atoms with Crippen molar-refractivity contribution in [2.45, 2.75) is 18.9 Å². The molecule has 0 rings (SSSR count). The van der Waals surface area contributed by atoms with Crippen molar-refractivity contribution >= 4 is 19.6 Å². The minimum absolute atomic E-state index is 0.0764. The van der Waals surface area contributed by atoms with E-state index in [1.807, 2.05) is 0 Å². The van der Waals surface area contributed by atoms with Crippen LogP contribution < -0.4 is 0 Å². The molecule has 0 fully saturated rings. The molecule has 0 radical (unpaired) electrons. The van der Waals surface area contributed by atoms with Gasteiger partial charge in [-0.2, -0.15) is 0 Å². The third-order valence-corrected chi connectivity index (χ3v) is 5.10. The number of aliphatic carboxylic acids is 1. The van der Waals surface area contributed by atoms with Gasteiger partial charge < -0.3 is 5.11 Å². The molecule has 0 aromatic rings. The van der Waals surface area contributed by atoms with Crippen molar-refractivity contribution in [3.05, 3.63) is 0 Å². The molecule has 0 aromatic carbocycles. The average Bonchev–Trinajstić information content (AvgIpc) is 1.65. The molecule has 0 aromatic heterocycles. The van der Waals surface area contributed by atoms with Gasteiger partial charge in [-0.1, -0.05) is 0 Å². The van der Waals surface area contributed by atoms with Gasteiger partial charge in [0.15, 0.2) is 0 Å². The van der Waals surface area contributed by atoms with E-state index < -0.39 is 5.97 Å². The average molecular weight is 234 g/mol. The van der Waals surface area contributed by atoms with Crippen LogP contribution in [0.25, 0.3) is 0 Å². The zero-order valence-corrected chi connectivity index (χ0v) is 9.70. The van der Waals surface area contributed by atoms with Crippen LogP contribution in [0.4, 0.5) is 0 Å². The molecule has 0 aliphatic carbocycles. The van der Waals surface area contributed by atoms with E-state index in [1.54, 1.807) is 0 Å². The molecule has 0 bridgehead atoms. The van der Waals surface area contributed by atoms with E-state index in [2.05, 4.69) is 20.5 Å². The Morgan fingerprint density at radius 1 is 1.88 bits per heavy atom. The monoisotopic (exact) mass is 232 g/mol. The number of carboxylic acids is 1. The molecule has 0 saturated heterocycles. The molecule has 0 atom stereocenters. The summed E-state index contributed by atoms with van der Waals surface area (Å²) in [6.07, 6.45) is 0. The Bertz CT molecular complexity index is 52.0. The molecule has 0 unspecified atom stereocenters. The van der Waals surface area contributed by atoms with Crippen molar-refractivity contribution < 1.29 is 25.1 Å². The van der Waals surface area contributed by atoms with E-state index >= 15 is 0 Å². The third-order valence-electron chi connectivity index (χ3n) is 0.189. The number of rotatable bonds is 1. The van der Waals surface area contributed by atoms with Crippen molar-refractivity contribution in [3.8, 4) is 0 Å². The van der Waals surface area contributed by atoms with Gasteiger partial charge in [-0.05, 0) is 0 Å². The first-order valence-electron chi connectivity index (χ1n) is 2.40. The molecular weight excluding hydrogens is 225 g/mol. The summed E-state index contributed by atoms with van der Waals surface area (Å²) in [6, 6.07) is 0. The normalized spacial score (nSPS) is 5.88. The standard InChI is InChI=1S/C2H4O2.C2H5.BrH.Zn/c1-2(3)4;1-2;;/h1H3,(H,3,4);1H2,2H3;1H;/q;;;+1/p-1. The van der Waals surface area contributed by atoms with Crippen LogP contribution in [-0.4, -0.2) is 11.1 Å². The second-order valence-electron chi connectivity index (χ2n) is 1.21. The van der Waals surface area contributed by atoms with Crippen molar-refractivity contribution in [2.24, 2.45) is 0 Å². The van der Waals surface area contributed by atoms with E-state index in [-0.39, 0.29) is 15.2 Å².